The highest BCUT2D eigenvalue weighted by Gasteiger charge is 2.30. The molecular formula is C21H23NO4S. The lowest BCUT2D eigenvalue weighted by Gasteiger charge is -2.27. The van der Waals surface area contributed by atoms with Gasteiger partial charge >= 0.3 is 5.97 Å². The zero-order chi connectivity index (χ0) is 18.8. The number of benzene rings is 1. The first kappa shape index (κ1) is 18.2. The largest absolute Gasteiger partial charge is 0.481 e. The van der Waals surface area contributed by atoms with Crippen LogP contribution in [-0.2, 0) is 22.4 Å². The van der Waals surface area contributed by atoms with Crippen molar-refractivity contribution in [3.63, 3.8) is 0 Å². The summed E-state index contributed by atoms with van der Waals surface area (Å²) in [5.41, 5.74) is 3.75. The van der Waals surface area contributed by atoms with E-state index in [0.717, 1.165) is 25.7 Å². The second kappa shape index (κ2) is 7.82. The van der Waals surface area contributed by atoms with Gasteiger partial charge in [-0.2, -0.15) is 0 Å². The van der Waals surface area contributed by atoms with Crippen molar-refractivity contribution in [2.45, 2.75) is 25.7 Å². The number of carboxylic acids is 1. The van der Waals surface area contributed by atoms with Crippen LogP contribution >= 0.6 is 11.3 Å². The maximum atomic E-state index is 12.7. The number of aliphatic carboxylic acids is 1. The number of hydrogen-bond acceptors (Lipinski definition) is 4. The van der Waals surface area contributed by atoms with Crippen LogP contribution in [-0.4, -0.2) is 36.7 Å². The summed E-state index contributed by atoms with van der Waals surface area (Å²) in [6, 6.07) is 10.3. The van der Waals surface area contributed by atoms with Crippen LogP contribution in [0.4, 0.5) is 0 Å². The minimum Gasteiger partial charge on any atom is -0.481 e. The van der Waals surface area contributed by atoms with Gasteiger partial charge in [-0.05, 0) is 54.4 Å². The summed E-state index contributed by atoms with van der Waals surface area (Å²) < 4.78 is 5.32. The van der Waals surface area contributed by atoms with E-state index in [-0.39, 0.29) is 18.4 Å². The van der Waals surface area contributed by atoms with Gasteiger partial charge in [-0.15, -0.1) is 11.3 Å². The van der Waals surface area contributed by atoms with Gasteiger partial charge in [-0.1, -0.05) is 24.3 Å². The Morgan fingerprint density at radius 1 is 1.19 bits per heavy atom. The standard InChI is InChI=1S/C21H23NO4S/c23-20(22-12-17(21(24)25)14-7-9-26-10-8-14)18-11-15-6-5-13-3-1-2-4-16(13)19(15)27-18/h1-4,11,14,17H,5-10,12H2,(H,22,23)(H,24,25). The van der Waals surface area contributed by atoms with Gasteiger partial charge in [-0.25, -0.2) is 0 Å². The molecule has 1 aliphatic carbocycles. The van der Waals surface area contributed by atoms with Crippen LogP contribution in [0, 0.1) is 11.8 Å². The summed E-state index contributed by atoms with van der Waals surface area (Å²) in [5.74, 6) is -1.53. The third kappa shape index (κ3) is 3.77. The van der Waals surface area contributed by atoms with Crippen molar-refractivity contribution < 1.29 is 19.4 Å². The van der Waals surface area contributed by atoms with Gasteiger partial charge in [0.15, 0.2) is 0 Å². The molecule has 0 bridgehead atoms. The quantitative estimate of drug-likeness (QED) is 0.827. The van der Waals surface area contributed by atoms with Gasteiger partial charge in [-0.3, -0.25) is 9.59 Å². The molecule has 1 unspecified atom stereocenters. The highest BCUT2D eigenvalue weighted by atomic mass is 32.1. The average molecular weight is 385 g/mol. The Balaban J connectivity index is 1.46. The number of aryl methyl sites for hydroxylation is 2. The molecule has 1 aromatic carbocycles. The van der Waals surface area contributed by atoms with Gasteiger partial charge in [0.25, 0.3) is 5.91 Å². The number of carboxylic acid groups (broad SMARTS) is 1. The Bertz CT molecular complexity index is 854. The monoisotopic (exact) mass is 385 g/mol. The number of carbonyl (C=O) groups is 2. The molecule has 27 heavy (non-hydrogen) atoms. The Morgan fingerprint density at radius 2 is 1.93 bits per heavy atom. The smallest absolute Gasteiger partial charge is 0.308 e. The van der Waals surface area contributed by atoms with Crippen LogP contribution in [0.2, 0.25) is 0 Å². The SMILES string of the molecule is O=C(NCC(C(=O)O)C1CCOCC1)c1cc2c(s1)-c1ccccc1CC2. The lowest BCUT2D eigenvalue weighted by molar-refractivity contribution is -0.144. The molecule has 1 saturated heterocycles. The van der Waals surface area contributed by atoms with Crippen LogP contribution in [0.1, 0.15) is 33.6 Å². The lowest BCUT2D eigenvalue weighted by atomic mass is 9.86. The predicted molar refractivity (Wildman–Crippen MR) is 104 cm³/mol. The number of fused-ring (bicyclic) bond motifs is 3. The molecule has 0 radical (unpaired) electrons. The molecule has 0 spiro atoms. The van der Waals surface area contributed by atoms with Gasteiger partial charge < -0.3 is 15.2 Å². The molecule has 1 atom stereocenters. The fourth-order valence-corrected chi connectivity index (χ4v) is 5.23. The van der Waals surface area contributed by atoms with E-state index in [0.29, 0.717) is 18.1 Å². The van der Waals surface area contributed by atoms with E-state index >= 15 is 0 Å². The second-order valence-electron chi connectivity index (χ2n) is 7.23. The first-order chi connectivity index (χ1) is 13.1. The van der Waals surface area contributed by atoms with Crippen LogP contribution in [0.25, 0.3) is 10.4 Å². The van der Waals surface area contributed by atoms with Gasteiger partial charge in [0.1, 0.15) is 0 Å². The molecular weight excluding hydrogens is 362 g/mol. The van der Waals surface area contributed by atoms with Crippen molar-refractivity contribution in [3.05, 3.63) is 46.3 Å². The Hall–Kier alpha value is -2.18. The topological polar surface area (TPSA) is 75.6 Å². The fraction of sp³-hybridized carbons (Fsp3) is 0.429. The van der Waals surface area contributed by atoms with Crippen LogP contribution in [0.15, 0.2) is 30.3 Å². The number of thiophene rings is 1. The third-order valence-electron chi connectivity index (χ3n) is 5.59. The summed E-state index contributed by atoms with van der Waals surface area (Å²) in [5, 5.41) is 12.4. The molecule has 1 amide bonds. The van der Waals surface area contributed by atoms with Gasteiger partial charge in [0, 0.05) is 24.6 Å². The molecule has 5 nitrogen and oxygen atoms in total. The maximum Gasteiger partial charge on any atom is 0.308 e. The highest BCUT2D eigenvalue weighted by Crippen LogP contribution is 2.39. The minimum absolute atomic E-state index is 0.0555. The van der Waals surface area contributed by atoms with Crippen molar-refractivity contribution in [2.75, 3.05) is 19.8 Å². The zero-order valence-electron chi connectivity index (χ0n) is 15.1. The Morgan fingerprint density at radius 3 is 2.70 bits per heavy atom. The van der Waals surface area contributed by atoms with E-state index in [1.165, 1.54) is 32.9 Å². The van der Waals surface area contributed by atoms with E-state index in [9.17, 15) is 14.7 Å². The number of amides is 1. The molecule has 6 heteroatoms. The molecule has 142 valence electrons. The summed E-state index contributed by atoms with van der Waals surface area (Å²) in [4.78, 5) is 26.1. The van der Waals surface area contributed by atoms with Gasteiger partial charge in [0.05, 0.1) is 10.8 Å². The van der Waals surface area contributed by atoms with Crippen molar-refractivity contribution >= 4 is 23.2 Å². The molecule has 1 aliphatic heterocycles. The molecule has 2 aromatic rings. The van der Waals surface area contributed by atoms with Crippen LogP contribution < -0.4 is 5.32 Å². The fourth-order valence-electron chi connectivity index (χ4n) is 4.05. The number of hydrogen-bond donors (Lipinski definition) is 2. The van der Waals surface area contributed by atoms with Crippen molar-refractivity contribution in [1.82, 2.24) is 5.32 Å². The van der Waals surface area contributed by atoms with E-state index < -0.39 is 11.9 Å². The summed E-state index contributed by atoms with van der Waals surface area (Å²) >= 11 is 1.50. The van der Waals surface area contributed by atoms with Crippen LogP contribution in [0.5, 0.6) is 0 Å². The first-order valence-electron chi connectivity index (χ1n) is 9.43. The molecule has 1 fully saturated rings. The molecule has 4 rings (SSSR count). The normalized spacial score (nSPS) is 17.6. The minimum atomic E-state index is -0.846. The zero-order valence-corrected chi connectivity index (χ0v) is 15.9. The van der Waals surface area contributed by atoms with E-state index in [1.54, 1.807) is 0 Å². The van der Waals surface area contributed by atoms with Crippen molar-refractivity contribution in [3.8, 4) is 10.4 Å². The van der Waals surface area contributed by atoms with Crippen molar-refractivity contribution in [1.29, 1.82) is 0 Å². The summed E-state index contributed by atoms with van der Waals surface area (Å²) in [6.07, 6.45) is 3.40. The van der Waals surface area contributed by atoms with Crippen molar-refractivity contribution in [2.24, 2.45) is 11.8 Å². The van der Waals surface area contributed by atoms with Gasteiger partial charge in [0.2, 0.25) is 0 Å². The molecule has 2 N–H and O–H groups in total. The first-order valence-corrected chi connectivity index (χ1v) is 10.2. The number of carbonyl (C=O) groups excluding carboxylic acids is 1. The van der Waals surface area contributed by atoms with E-state index in [2.05, 4.69) is 17.4 Å². The summed E-state index contributed by atoms with van der Waals surface area (Å²) in [7, 11) is 0. The lowest BCUT2D eigenvalue weighted by Crippen LogP contribution is -2.38. The average Bonchev–Trinajstić information content (AvgIpc) is 3.13. The Kier molecular flexibility index (Phi) is 5.27. The van der Waals surface area contributed by atoms with E-state index in [4.69, 9.17) is 4.74 Å². The highest BCUT2D eigenvalue weighted by molar-refractivity contribution is 7.17. The number of rotatable bonds is 5. The van der Waals surface area contributed by atoms with Crippen LogP contribution in [0.3, 0.4) is 0 Å². The maximum absolute atomic E-state index is 12.7. The molecule has 1 aromatic heterocycles. The van der Waals surface area contributed by atoms with E-state index in [1.807, 2.05) is 18.2 Å². The Labute approximate surface area is 162 Å². The summed E-state index contributed by atoms with van der Waals surface area (Å²) in [6.45, 7) is 1.36. The number of ether oxygens (including phenoxy) is 1. The third-order valence-corrected chi connectivity index (χ3v) is 6.80. The second-order valence-corrected chi connectivity index (χ2v) is 8.28. The molecule has 0 saturated carbocycles. The predicted octanol–water partition coefficient (Wildman–Crippen LogP) is 3.37. The molecule has 2 aliphatic rings. The molecule has 2 heterocycles. The number of nitrogens with one attached hydrogen (secondary N) is 1.